The van der Waals surface area contributed by atoms with Crippen molar-refractivity contribution in [2.24, 2.45) is 0 Å². The lowest BCUT2D eigenvalue weighted by molar-refractivity contribution is 0.669. The van der Waals surface area contributed by atoms with Gasteiger partial charge in [0.25, 0.3) is 0 Å². The Labute approximate surface area is 325 Å². The number of hydrogen-bond donors (Lipinski definition) is 0. The van der Waals surface area contributed by atoms with E-state index < -0.39 is 0 Å². The smallest absolute Gasteiger partial charge is 0.164 e. The van der Waals surface area contributed by atoms with E-state index in [-0.39, 0.29) is 0 Å². The third-order valence-corrected chi connectivity index (χ3v) is 11.0. The molecule has 0 atom stereocenters. The number of fused-ring (bicyclic) bond motifs is 9. The van der Waals surface area contributed by atoms with E-state index >= 15 is 0 Å². The third kappa shape index (κ3) is 5.08. The van der Waals surface area contributed by atoms with Gasteiger partial charge in [-0.25, -0.2) is 15.0 Å². The minimum Gasteiger partial charge on any atom is -0.456 e. The lowest BCUT2D eigenvalue weighted by Crippen LogP contribution is -2.00. The molecule has 0 aliphatic rings. The van der Waals surface area contributed by atoms with Crippen LogP contribution in [0, 0.1) is 0 Å². The second kappa shape index (κ2) is 12.3. The van der Waals surface area contributed by atoms with Gasteiger partial charge in [-0.3, -0.25) is 0 Å². The van der Waals surface area contributed by atoms with E-state index in [0.29, 0.717) is 17.5 Å². The maximum Gasteiger partial charge on any atom is 0.164 e. The zero-order valence-electron chi connectivity index (χ0n) is 30.3. The van der Waals surface area contributed by atoms with Crippen LogP contribution in [0.1, 0.15) is 0 Å². The average molecular weight is 732 g/mol. The van der Waals surface area contributed by atoms with E-state index in [1.807, 2.05) is 66.7 Å². The van der Waals surface area contributed by atoms with Gasteiger partial charge in [-0.15, -0.1) is 0 Å². The first-order valence-electron chi connectivity index (χ1n) is 18.9. The van der Waals surface area contributed by atoms with Gasteiger partial charge in [-0.2, -0.15) is 0 Å². The van der Waals surface area contributed by atoms with E-state index in [1.165, 1.54) is 0 Å². The molecule has 8 aromatic carbocycles. The quantitative estimate of drug-likeness (QED) is 0.175. The summed E-state index contributed by atoms with van der Waals surface area (Å²) in [6.07, 6.45) is 0. The molecule has 6 nitrogen and oxygen atoms in total. The van der Waals surface area contributed by atoms with Gasteiger partial charge in [0.1, 0.15) is 33.5 Å². The molecule has 0 bridgehead atoms. The Hall–Kier alpha value is -7.83. The first kappa shape index (κ1) is 31.5. The Morgan fingerprint density at radius 1 is 0.263 bits per heavy atom. The van der Waals surface area contributed by atoms with Gasteiger partial charge in [0.2, 0.25) is 0 Å². The van der Waals surface area contributed by atoms with Gasteiger partial charge in [0.15, 0.2) is 17.5 Å². The molecular formula is C51H29N3O3. The number of rotatable bonds is 5. The van der Waals surface area contributed by atoms with E-state index in [1.54, 1.807) is 0 Å². The summed E-state index contributed by atoms with van der Waals surface area (Å²) < 4.78 is 19.3. The van der Waals surface area contributed by atoms with Gasteiger partial charge >= 0.3 is 0 Å². The summed E-state index contributed by atoms with van der Waals surface area (Å²) in [6, 6.07) is 59.8. The maximum absolute atomic E-state index is 6.62. The predicted molar refractivity (Wildman–Crippen MR) is 229 cm³/mol. The van der Waals surface area contributed by atoms with Crippen LogP contribution in [0.15, 0.2) is 189 Å². The SMILES string of the molecule is c1ccc(-c2cccc3c2oc2cc(-c4nc(-c5ccc(-c6cccc7c6oc6ccccc67)cc5)nc(-c5ccc6c(c5)oc5ccccc56)n4)ccc23)cc1. The molecule has 4 heterocycles. The van der Waals surface area contributed by atoms with Gasteiger partial charge in [0.05, 0.1) is 0 Å². The Balaban J connectivity index is 1.00. The van der Waals surface area contributed by atoms with Crippen molar-refractivity contribution >= 4 is 65.8 Å². The van der Waals surface area contributed by atoms with Gasteiger partial charge in [-0.05, 0) is 47.5 Å². The molecule has 4 aromatic heterocycles. The van der Waals surface area contributed by atoms with Crippen molar-refractivity contribution in [3.63, 3.8) is 0 Å². The number of nitrogens with zero attached hydrogens (tertiary/aromatic N) is 3. The minimum absolute atomic E-state index is 0.543. The second-order valence-corrected chi connectivity index (χ2v) is 14.3. The van der Waals surface area contributed by atoms with Crippen LogP contribution in [0.3, 0.4) is 0 Å². The molecule has 57 heavy (non-hydrogen) atoms. The van der Waals surface area contributed by atoms with E-state index in [0.717, 1.165) is 105 Å². The standard InChI is InChI=1S/C51H29N3O3/c1-2-10-30(11-3-1)35-14-8-17-42-40-27-25-34(29-46(40)57-48(35)42)51-53-49(52-50(54-51)33-24-26-39-37-12-4-6-18-43(37)55-45(39)28-33)32-22-20-31(21-23-32)36-15-9-16-41-38-13-5-7-19-44(38)56-47(36)41/h1-29H. The van der Waals surface area contributed by atoms with Gasteiger partial charge < -0.3 is 13.3 Å². The highest BCUT2D eigenvalue weighted by Gasteiger charge is 2.18. The number of furan rings is 3. The van der Waals surface area contributed by atoms with Crippen molar-refractivity contribution in [3.8, 4) is 56.4 Å². The van der Waals surface area contributed by atoms with Crippen LogP contribution in [0.2, 0.25) is 0 Å². The fraction of sp³-hybridized carbons (Fsp3) is 0. The summed E-state index contributed by atoms with van der Waals surface area (Å²) in [7, 11) is 0. The Morgan fingerprint density at radius 2 is 0.667 bits per heavy atom. The molecular weight excluding hydrogens is 703 g/mol. The number of para-hydroxylation sites is 4. The van der Waals surface area contributed by atoms with Crippen molar-refractivity contribution in [1.82, 2.24) is 15.0 Å². The monoisotopic (exact) mass is 731 g/mol. The molecule has 12 rings (SSSR count). The molecule has 0 saturated carbocycles. The molecule has 0 saturated heterocycles. The zero-order valence-corrected chi connectivity index (χ0v) is 30.3. The molecule has 0 aliphatic heterocycles. The number of benzene rings is 8. The highest BCUT2D eigenvalue weighted by atomic mass is 16.3. The summed E-state index contributed by atoms with van der Waals surface area (Å²) in [5, 5.41) is 6.42. The van der Waals surface area contributed by atoms with Crippen LogP contribution in [-0.4, -0.2) is 15.0 Å². The van der Waals surface area contributed by atoms with E-state index in [2.05, 4.69) is 109 Å². The van der Waals surface area contributed by atoms with Crippen molar-refractivity contribution in [1.29, 1.82) is 0 Å². The molecule has 0 aliphatic carbocycles. The van der Waals surface area contributed by atoms with Crippen LogP contribution in [0.5, 0.6) is 0 Å². The summed E-state index contributed by atoms with van der Waals surface area (Å²) in [5.74, 6) is 1.65. The first-order valence-corrected chi connectivity index (χ1v) is 18.9. The summed E-state index contributed by atoms with van der Waals surface area (Å²) >= 11 is 0. The fourth-order valence-electron chi connectivity index (χ4n) is 8.18. The normalized spacial score (nSPS) is 11.9. The highest BCUT2D eigenvalue weighted by Crippen LogP contribution is 2.39. The first-order chi connectivity index (χ1) is 28.2. The number of hydrogen-bond acceptors (Lipinski definition) is 6. The molecule has 0 N–H and O–H groups in total. The van der Waals surface area contributed by atoms with Crippen LogP contribution < -0.4 is 0 Å². The molecule has 0 spiro atoms. The van der Waals surface area contributed by atoms with Crippen molar-refractivity contribution in [3.05, 3.63) is 176 Å². The molecule has 0 unspecified atom stereocenters. The molecule has 0 amide bonds. The zero-order chi connectivity index (χ0) is 37.5. The topological polar surface area (TPSA) is 78.1 Å². The highest BCUT2D eigenvalue weighted by molar-refractivity contribution is 6.11. The Kier molecular flexibility index (Phi) is 6.83. The van der Waals surface area contributed by atoms with E-state index in [4.69, 9.17) is 28.2 Å². The summed E-state index contributed by atoms with van der Waals surface area (Å²) in [5.41, 5.74) is 11.7. The van der Waals surface area contributed by atoms with Crippen LogP contribution in [-0.2, 0) is 0 Å². The van der Waals surface area contributed by atoms with E-state index in [9.17, 15) is 0 Å². The molecule has 0 radical (unpaired) electrons. The third-order valence-electron chi connectivity index (χ3n) is 11.0. The molecule has 0 fully saturated rings. The second-order valence-electron chi connectivity index (χ2n) is 14.3. The Bertz CT molecular complexity index is 3520. The lowest BCUT2D eigenvalue weighted by atomic mass is 10.0. The van der Waals surface area contributed by atoms with Crippen molar-refractivity contribution in [2.45, 2.75) is 0 Å². The Morgan fingerprint density at radius 3 is 1.30 bits per heavy atom. The minimum atomic E-state index is 0.543. The lowest BCUT2D eigenvalue weighted by Gasteiger charge is -2.09. The largest absolute Gasteiger partial charge is 0.456 e. The van der Waals surface area contributed by atoms with Crippen LogP contribution >= 0.6 is 0 Å². The molecule has 12 aromatic rings. The van der Waals surface area contributed by atoms with Crippen LogP contribution in [0.4, 0.5) is 0 Å². The predicted octanol–water partition coefficient (Wildman–Crippen LogP) is 13.9. The van der Waals surface area contributed by atoms with Crippen molar-refractivity contribution in [2.75, 3.05) is 0 Å². The van der Waals surface area contributed by atoms with Crippen LogP contribution in [0.25, 0.3) is 122 Å². The molecule has 6 heteroatoms. The average Bonchev–Trinajstić information content (AvgIpc) is 3.97. The van der Waals surface area contributed by atoms with Gasteiger partial charge in [0, 0.05) is 60.1 Å². The summed E-state index contributed by atoms with van der Waals surface area (Å²) in [4.78, 5) is 15.3. The fourth-order valence-corrected chi connectivity index (χ4v) is 8.18. The molecule has 266 valence electrons. The van der Waals surface area contributed by atoms with Gasteiger partial charge in [-0.1, -0.05) is 140 Å². The van der Waals surface area contributed by atoms with Crippen molar-refractivity contribution < 1.29 is 13.3 Å². The summed E-state index contributed by atoms with van der Waals surface area (Å²) in [6.45, 7) is 0. The number of aromatic nitrogens is 3. The maximum atomic E-state index is 6.62.